The summed E-state index contributed by atoms with van der Waals surface area (Å²) >= 11 is 0. The molecule has 0 spiro atoms. The first kappa shape index (κ1) is 14.2. The van der Waals surface area contributed by atoms with Crippen molar-refractivity contribution in [3.8, 4) is 11.3 Å². The molecule has 1 saturated carbocycles. The van der Waals surface area contributed by atoms with Crippen LogP contribution in [0.25, 0.3) is 11.3 Å². The van der Waals surface area contributed by atoms with E-state index < -0.39 is 0 Å². The van der Waals surface area contributed by atoms with E-state index in [4.69, 9.17) is 4.42 Å². The van der Waals surface area contributed by atoms with Crippen molar-refractivity contribution in [2.75, 3.05) is 5.32 Å². The highest BCUT2D eigenvalue weighted by molar-refractivity contribution is 5.62. The number of oxazole rings is 1. The molecule has 3 nitrogen and oxygen atoms in total. The van der Waals surface area contributed by atoms with Crippen molar-refractivity contribution in [3.63, 3.8) is 0 Å². The van der Waals surface area contributed by atoms with Crippen LogP contribution in [0.3, 0.4) is 0 Å². The fourth-order valence-electron chi connectivity index (χ4n) is 3.26. The lowest BCUT2D eigenvalue weighted by Gasteiger charge is -2.29. The summed E-state index contributed by atoms with van der Waals surface area (Å²) in [7, 11) is 0. The van der Waals surface area contributed by atoms with Gasteiger partial charge in [-0.3, -0.25) is 0 Å². The lowest BCUT2D eigenvalue weighted by Crippen LogP contribution is -2.26. The number of aryl methyl sites for hydroxylation is 1. The molecule has 3 heteroatoms. The lowest BCUT2D eigenvalue weighted by atomic mass is 9.84. The highest BCUT2D eigenvalue weighted by Crippen LogP contribution is 2.29. The zero-order valence-electron chi connectivity index (χ0n) is 12.9. The van der Waals surface area contributed by atoms with Crippen LogP contribution in [0.4, 0.5) is 5.69 Å². The fourth-order valence-corrected chi connectivity index (χ4v) is 3.26. The van der Waals surface area contributed by atoms with Crippen LogP contribution in [0.5, 0.6) is 0 Å². The number of rotatable bonds is 4. The van der Waals surface area contributed by atoms with E-state index in [1.807, 2.05) is 6.92 Å². The predicted octanol–water partition coefficient (Wildman–Crippen LogP) is 5.03. The highest BCUT2D eigenvalue weighted by Gasteiger charge is 2.20. The molecule has 0 saturated heterocycles. The molecular formula is C18H24N2O. The van der Waals surface area contributed by atoms with Crippen LogP contribution in [0.2, 0.25) is 0 Å². The molecule has 112 valence electrons. The lowest BCUT2D eigenvalue weighted by molar-refractivity contribution is 0.327. The summed E-state index contributed by atoms with van der Waals surface area (Å²) in [5, 5.41) is 3.69. The average Bonchev–Trinajstić information content (AvgIpc) is 2.95. The topological polar surface area (TPSA) is 38.1 Å². The van der Waals surface area contributed by atoms with Gasteiger partial charge in [0.2, 0.25) is 0 Å². The molecule has 0 radical (unpaired) electrons. The van der Waals surface area contributed by atoms with E-state index in [2.05, 4.69) is 41.5 Å². The van der Waals surface area contributed by atoms with Crippen LogP contribution in [0, 0.1) is 12.8 Å². The van der Waals surface area contributed by atoms with Gasteiger partial charge < -0.3 is 9.73 Å². The van der Waals surface area contributed by atoms with Crippen LogP contribution in [-0.4, -0.2) is 11.0 Å². The molecule has 1 aliphatic rings. The van der Waals surface area contributed by atoms with E-state index >= 15 is 0 Å². The van der Waals surface area contributed by atoms with Crippen LogP contribution < -0.4 is 5.32 Å². The van der Waals surface area contributed by atoms with Crippen molar-refractivity contribution in [2.45, 2.75) is 52.0 Å². The minimum absolute atomic E-state index is 0.629. The summed E-state index contributed by atoms with van der Waals surface area (Å²) < 4.78 is 5.27. The number of aromatic nitrogens is 1. The average molecular weight is 284 g/mol. The van der Waals surface area contributed by atoms with Gasteiger partial charge in [-0.2, -0.15) is 0 Å². The quantitative estimate of drug-likeness (QED) is 0.855. The van der Waals surface area contributed by atoms with Gasteiger partial charge in [0.05, 0.1) is 0 Å². The number of hydrogen-bond acceptors (Lipinski definition) is 3. The smallest absolute Gasteiger partial charge is 0.191 e. The van der Waals surface area contributed by atoms with Crippen LogP contribution >= 0.6 is 0 Å². The Morgan fingerprint density at radius 1 is 1.24 bits per heavy atom. The Balaban J connectivity index is 1.64. The SMILES string of the molecule is CCC1CCCC(Nc2ccc(-c3coc(C)n3)cc2)C1. The van der Waals surface area contributed by atoms with Crippen LogP contribution in [0.1, 0.15) is 44.9 Å². The molecule has 2 aromatic rings. The second-order valence-corrected chi connectivity index (χ2v) is 6.11. The van der Waals surface area contributed by atoms with Gasteiger partial charge in [-0.15, -0.1) is 0 Å². The molecule has 1 aromatic heterocycles. The van der Waals surface area contributed by atoms with Crippen LogP contribution in [0.15, 0.2) is 34.9 Å². The number of benzene rings is 1. The minimum atomic E-state index is 0.629. The molecule has 1 fully saturated rings. The summed E-state index contributed by atoms with van der Waals surface area (Å²) in [5.74, 6) is 1.61. The Labute approximate surface area is 126 Å². The maximum atomic E-state index is 5.27. The molecule has 1 N–H and O–H groups in total. The third kappa shape index (κ3) is 3.46. The predicted molar refractivity (Wildman–Crippen MR) is 86.3 cm³/mol. The zero-order valence-corrected chi connectivity index (χ0v) is 12.9. The molecular weight excluding hydrogens is 260 g/mol. The first-order chi connectivity index (χ1) is 10.2. The first-order valence-corrected chi connectivity index (χ1v) is 8.03. The maximum absolute atomic E-state index is 5.27. The van der Waals surface area contributed by atoms with Gasteiger partial charge in [-0.1, -0.05) is 38.3 Å². The van der Waals surface area contributed by atoms with Crippen molar-refractivity contribution in [1.82, 2.24) is 4.98 Å². The van der Waals surface area contributed by atoms with E-state index in [9.17, 15) is 0 Å². The van der Waals surface area contributed by atoms with Gasteiger partial charge in [0.15, 0.2) is 5.89 Å². The molecule has 1 heterocycles. The Morgan fingerprint density at radius 3 is 2.71 bits per heavy atom. The van der Waals surface area contributed by atoms with E-state index in [1.165, 1.54) is 37.8 Å². The second-order valence-electron chi connectivity index (χ2n) is 6.11. The number of nitrogens with one attached hydrogen (secondary N) is 1. The van der Waals surface area contributed by atoms with E-state index in [-0.39, 0.29) is 0 Å². The van der Waals surface area contributed by atoms with Gasteiger partial charge in [-0.05, 0) is 30.9 Å². The minimum Gasteiger partial charge on any atom is -0.449 e. The standard InChI is InChI=1S/C18H24N2O/c1-3-14-5-4-6-17(11-14)20-16-9-7-15(8-10-16)18-12-21-13(2)19-18/h7-10,12,14,17,20H,3-6,11H2,1-2H3. The fraction of sp³-hybridized carbons (Fsp3) is 0.500. The van der Waals surface area contributed by atoms with Gasteiger partial charge >= 0.3 is 0 Å². The summed E-state index contributed by atoms with van der Waals surface area (Å²) in [6.45, 7) is 4.17. The van der Waals surface area contributed by atoms with Crippen LogP contribution in [-0.2, 0) is 0 Å². The number of nitrogens with zero attached hydrogens (tertiary/aromatic N) is 1. The van der Waals surface area contributed by atoms with Gasteiger partial charge in [0, 0.05) is 24.2 Å². The normalized spacial score (nSPS) is 22.2. The summed E-state index contributed by atoms with van der Waals surface area (Å²) in [4.78, 5) is 4.36. The molecule has 2 atom stereocenters. The van der Waals surface area contributed by atoms with Crippen molar-refractivity contribution >= 4 is 5.69 Å². The van der Waals surface area contributed by atoms with E-state index in [0.717, 1.165) is 17.2 Å². The second kappa shape index (κ2) is 6.33. The third-order valence-electron chi connectivity index (χ3n) is 4.53. The molecule has 21 heavy (non-hydrogen) atoms. The molecule has 1 aliphatic carbocycles. The van der Waals surface area contributed by atoms with Crippen molar-refractivity contribution in [1.29, 1.82) is 0 Å². The maximum Gasteiger partial charge on any atom is 0.191 e. The molecule has 1 aromatic carbocycles. The molecule has 0 amide bonds. The Kier molecular flexibility index (Phi) is 4.28. The van der Waals surface area contributed by atoms with E-state index in [0.29, 0.717) is 11.9 Å². The third-order valence-corrected chi connectivity index (χ3v) is 4.53. The molecule has 0 bridgehead atoms. The monoisotopic (exact) mass is 284 g/mol. The van der Waals surface area contributed by atoms with E-state index in [1.54, 1.807) is 6.26 Å². The van der Waals surface area contributed by atoms with Crippen molar-refractivity contribution in [2.24, 2.45) is 5.92 Å². The first-order valence-electron chi connectivity index (χ1n) is 8.03. The summed E-state index contributed by atoms with van der Waals surface area (Å²) in [5.41, 5.74) is 3.22. The van der Waals surface area contributed by atoms with Gasteiger partial charge in [0.1, 0.15) is 12.0 Å². The Hall–Kier alpha value is -1.77. The molecule has 3 rings (SSSR count). The van der Waals surface area contributed by atoms with Gasteiger partial charge in [-0.25, -0.2) is 4.98 Å². The zero-order chi connectivity index (χ0) is 14.7. The largest absolute Gasteiger partial charge is 0.449 e. The Morgan fingerprint density at radius 2 is 2.05 bits per heavy atom. The Bertz CT molecular complexity index is 573. The highest BCUT2D eigenvalue weighted by atomic mass is 16.3. The van der Waals surface area contributed by atoms with Gasteiger partial charge in [0.25, 0.3) is 0 Å². The number of anilines is 1. The van der Waals surface area contributed by atoms with Crippen molar-refractivity contribution in [3.05, 3.63) is 36.4 Å². The summed E-state index contributed by atoms with van der Waals surface area (Å²) in [6, 6.07) is 9.15. The van der Waals surface area contributed by atoms with Crippen molar-refractivity contribution < 1.29 is 4.42 Å². The number of hydrogen-bond donors (Lipinski definition) is 1. The molecule has 0 aliphatic heterocycles. The summed E-state index contributed by atoms with van der Waals surface area (Å²) in [6.07, 6.45) is 8.38. The molecule has 2 unspecified atom stereocenters.